The summed E-state index contributed by atoms with van der Waals surface area (Å²) in [5, 5.41) is 3.23. The van der Waals surface area contributed by atoms with Crippen molar-refractivity contribution in [2.24, 2.45) is 11.7 Å². The van der Waals surface area contributed by atoms with Gasteiger partial charge in [-0.25, -0.2) is 0 Å². The Hall–Kier alpha value is -1.26. The zero-order chi connectivity index (χ0) is 14.8. The Morgan fingerprint density at radius 2 is 2.14 bits per heavy atom. The molecule has 5 heteroatoms. The van der Waals surface area contributed by atoms with Crippen LogP contribution in [0, 0.1) is 5.92 Å². The summed E-state index contributed by atoms with van der Waals surface area (Å²) in [6.07, 6.45) is 5.83. The van der Waals surface area contributed by atoms with Crippen LogP contribution in [0.1, 0.15) is 49.3 Å². The number of fused-ring (bicyclic) bond motifs is 1. The van der Waals surface area contributed by atoms with Gasteiger partial charge in [0.2, 0.25) is 5.91 Å². The van der Waals surface area contributed by atoms with Crippen molar-refractivity contribution in [3.05, 3.63) is 29.3 Å². The van der Waals surface area contributed by atoms with Gasteiger partial charge in [-0.15, -0.1) is 12.4 Å². The number of carbonyl (C=O) groups is 1. The average Bonchev–Trinajstić information content (AvgIpc) is 2.90. The lowest BCUT2D eigenvalue weighted by molar-refractivity contribution is -0.126. The third-order valence-corrected chi connectivity index (χ3v) is 4.85. The van der Waals surface area contributed by atoms with Crippen LogP contribution in [0.5, 0.6) is 5.75 Å². The molecule has 1 saturated carbocycles. The summed E-state index contributed by atoms with van der Waals surface area (Å²) in [5.41, 5.74) is 8.44. The highest BCUT2D eigenvalue weighted by Crippen LogP contribution is 2.37. The molecule has 1 amide bonds. The van der Waals surface area contributed by atoms with Crippen molar-refractivity contribution in [1.29, 1.82) is 0 Å². The summed E-state index contributed by atoms with van der Waals surface area (Å²) in [4.78, 5) is 12.5. The second-order valence-electron chi connectivity index (χ2n) is 6.25. The van der Waals surface area contributed by atoms with E-state index in [1.54, 1.807) is 7.11 Å². The Morgan fingerprint density at radius 1 is 1.32 bits per heavy atom. The molecule has 0 bridgehead atoms. The van der Waals surface area contributed by atoms with E-state index in [9.17, 15) is 4.79 Å². The number of ether oxygens (including phenoxy) is 1. The van der Waals surface area contributed by atoms with Gasteiger partial charge in [0.15, 0.2) is 0 Å². The van der Waals surface area contributed by atoms with E-state index in [0.29, 0.717) is 0 Å². The molecule has 1 fully saturated rings. The smallest absolute Gasteiger partial charge is 0.223 e. The van der Waals surface area contributed by atoms with Crippen molar-refractivity contribution in [3.8, 4) is 5.75 Å². The molecule has 3 rings (SSSR count). The minimum atomic E-state index is 0. The fraction of sp³-hybridized carbons (Fsp3) is 0.588. The summed E-state index contributed by atoms with van der Waals surface area (Å²) in [7, 11) is 1.70. The molecule has 3 unspecified atom stereocenters. The molecule has 0 saturated heterocycles. The first kappa shape index (κ1) is 17.1. The number of rotatable bonds is 3. The highest BCUT2D eigenvalue weighted by atomic mass is 35.5. The fourth-order valence-electron chi connectivity index (χ4n) is 3.72. The van der Waals surface area contributed by atoms with Crippen molar-refractivity contribution in [1.82, 2.24) is 5.32 Å². The first-order valence-corrected chi connectivity index (χ1v) is 7.90. The lowest BCUT2D eigenvalue weighted by atomic mass is 9.85. The van der Waals surface area contributed by atoms with Crippen LogP contribution in [0.3, 0.4) is 0 Å². The Bertz CT molecular complexity index is 535. The molecule has 3 N–H and O–H groups in total. The molecule has 2 aliphatic carbocycles. The minimum absolute atomic E-state index is 0. The highest BCUT2D eigenvalue weighted by Gasteiger charge is 2.30. The van der Waals surface area contributed by atoms with Crippen molar-refractivity contribution < 1.29 is 9.53 Å². The quantitative estimate of drug-likeness (QED) is 0.898. The van der Waals surface area contributed by atoms with Crippen LogP contribution in [0.15, 0.2) is 18.2 Å². The number of hydrogen-bond acceptors (Lipinski definition) is 3. The Morgan fingerprint density at radius 3 is 2.86 bits per heavy atom. The second-order valence-corrected chi connectivity index (χ2v) is 6.25. The summed E-state index contributed by atoms with van der Waals surface area (Å²) < 4.78 is 5.41. The third-order valence-electron chi connectivity index (χ3n) is 4.85. The molecule has 0 aliphatic heterocycles. The van der Waals surface area contributed by atoms with E-state index in [1.807, 2.05) is 12.1 Å². The molecule has 2 aliphatic rings. The summed E-state index contributed by atoms with van der Waals surface area (Å²) in [6, 6.07) is 6.40. The van der Waals surface area contributed by atoms with Crippen LogP contribution in [0.4, 0.5) is 0 Å². The lowest BCUT2D eigenvalue weighted by Gasteiger charge is -2.27. The molecule has 122 valence electrons. The van der Waals surface area contributed by atoms with Gasteiger partial charge in [0.25, 0.3) is 0 Å². The normalized spacial score (nSPS) is 26.7. The average molecular weight is 325 g/mol. The fourth-order valence-corrected chi connectivity index (χ4v) is 3.72. The van der Waals surface area contributed by atoms with Crippen LogP contribution < -0.4 is 15.8 Å². The maximum atomic E-state index is 12.5. The van der Waals surface area contributed by atoms with Gasteiger partial charge in [-0.1, -0.05) is 18.6 Å². The van der Waals surface area contributed by atoms with E-state index in [1.165, 1.54) is 11.1 Å². The highest BCUT2D eigenvalue weighted by molar-refractivity contribution is 5.85. The molecule has 3 atom stereocenters. The zero-order valence-electron chi connectivity index (χ0n) is 13.0. The number of methoxy groups -OCH3 is 1. The Kier molecular flexibility index (Phi) is 5.70. The first-order chi connectivity index (χ1) is 10.2. The first-order valence-electron chi connectivity index (χ1n) is 7.90. The number of nitrogens with one attached hydrogen (secondary N) is 1. The monoisotopic (exact) mass is 324 g/mol. The van der Waals surface area contributed by atoms with Crippen molar-refractivity contribution in [2.45, 2.75) is 50.6 Å². The van der Waals surface area contributed by atoms with Gasteiger partial charge in [0.05, 0.1) is 13.2 Å². The molecule has 4 nitrogen and oxygen atoms in total. The molecule has 22 heavy (non-hydrogen) atoms. The second kappa shape index (κ2) is 7.34. The van der Waals surface area contributed by atoms with E-state index < -0.39 is 0 Å². The van der Waals surface area contributed by atoms with E-state index in [2.05, 4.69) is 11.4 Å². The van der Waals surface area contributed by atoms with Gasteiger partial charge in [0, 0.05) is 12.0 Å². The molecule has 0 heterocycles. The van der Waals surface area contributed by atoms with Crippen LogP contribution >= 0.6 is 12.4 Å². The standard InChI is InChI=1S/C17H24N2O2.ClH/c1-21-16-7-3-6-13-14(16)8-9-15(13)19-17(20)11-4-2-5-12(18)10-11;/h3,6-7,11-12,15H,2,4-5,8-10,18H2,1H3,(H,19,20);1H. The molecule has 0 spiro atoms. The Balaban J connectivity index is 0.00000176. The Labute approximate surface area is 138 Å². The van der Waals surface area contributed by atoms with Gasteiger partial charge in [-0.3, -0.25) is 4.79 Å². The van der Waals surface area contributed by atoms with E-state index >= 15 is 0 Å². The molecule has 1 aromatic rings. The predicted molar refractivity (Wildman–Crippen MR) is 89.4 cm³/mol. The number of amides is 1. The number of halogens is 1. The summed E-state index contributed by atoms with van der Waals surface area (Å²) >= 11 is 0. The minimum Gasteiger partial charge on any atom is -0.496 e. The zero-order valence-corrected chi connectivity index (χ0v) is 13.8. The number of carbonyl (C=O) groups excluding carboxylic acids is 1. The van der Waals surface area contributed by atoms with Gasteiger partial charge in [-0.2, -0.15) is 0 Å². The van der Waals surface area contributed by atoms with E-state index in [0.717, 1.165) is 44.3 Å². The maximum absolute atomic E-state index is 12.5. The predicted octanol–water partition coefficient (Wildman–Crippen LogP) is 2.74. The van der Waals surface area contributed by atoms with Gasteiger partial charge in [-0.05, 0) is 49.3 Å². The van der Waals surface area contributed by atoms with Crippen LogP contribution in [0.2, 0.25) is 0 Å². The van der Waals surface area contributed by atoms with Crippen LogP contribution in [-0.4, -0.2) is 19.1 Å². The maximum Gasteiger partial charge on any atom is 0.223 e. The topological polar surface area (TPSA) is 64.3 Å². The summed E-state index contributed by atoms with van der Waals surface area (Å²) in [5.74, 6) is 1.19. The van der Waals surface area contributed by atoms with Crippen LogP contribution in [-0.2, 0) is 11.2 Å². The van der Waals surface area contributed by atoms with Crippen molar-refractivity contribution >= 4 is 18.3 Å². The lowest BCUT2D eigenvalue weighted by Crippen LogP contribution is -2.38. The SMILES string of the molecule is COc1cccc2c1CCC2NC(=O)C1CCCC(N)C1.Cl. The summed E-state index contributed by atoms with van der Waals surface area (Å²) in [6.45, 7) is 0. The van der Waals surface area contributed by atoms with E-state index in [-0.39, 0.29) is 36.3 Å². The third kappa shape index (κ3) is 3.39. The van der Waals surface area contributed by atoms with Crippen molar-refractivity contribution in [2.75, 3.05) is 7.11 Å². The molecular formula is C17H25ClN2O2. The number of nitrogens with two attached hydrogens (primary N) is 1. The van der Waals surface area contributed by atoms with Gasteiger partial charge >= 0.3 is 0 Å². The molecule has 1 aromatic carbocycles. The number of hydrogen-bond donors (Lipinski definition) is 2. The van der Waals surface area contributed by atoms with Crippen molar-refractivity contribution in [3.63, 3.8) is 0 Å². The van der Waals surface area contributed by atoms with Crippen LogP contribution in [0.25, 0.3) is 0 Å². The molecule has 0 aromatic heterocycles. The van der Waals surface area contributed by atoms with Gasteiger partial charge in [0.1, 0.15) is 5.75 Å². The number of benzene rings is 1. The van der Waals surface area contributed by atoms with Gasteiger partial charge < -0.3 is 15.8 Å². The molecular weight excluding hydrogens is 300 g/mol. The molecule has 0 radical (unpaired) electrons. The largest absolute Gasteiger partial charge is 0.496 e. The van der Waals surface area contributed by atoms with E-state index in [4.69, 9.17) is 10.5 Å².